The fourth-order valence-corrected chi connectivity index (χ4v) is 4.05. The van der Waals surface area contributed by atoms with Crippen molar-refractivity contribution in [3.8, 4) is 5.75 Å². The maximum absolute atomic E-state index is 13.0. The van der Waals surface area contributed by atoms with Gasteiger partial charge in [-0.05, 0) is 66.5 Å². The summed E-state index contributed by atoms with van der Waals surface area (Å²) in [5, 5.41) is 5.63. The van der Waals surface area contributed by atoms with Crippen molar-refractivity contribution in [2.75, 3.05) is 18.0 Å². The van der Waals surface area contributed by atoms with Crippen LogP contribution in [-0.4, -0.2) is 25.0 Å². The molecule has 4 rings (SSSR count). The van der Waals surface area contributed by atoms with Crippen molar-refractivity contribution in [1.29, 1.82) is 0 Å². The van der Waals surface area contributed by atoms with E-state index in [4.69, 9.17) is 4.74 Å². The van der Waals surface area contributed by atoms with Crippen molar-refractivity contribution < 1.29 is 9.53 Å². The summed E-state index contributed by atoms with van der Waals surface area (Å²) in [5.74, 6) is 1.03. The van der Waals surface area contributed by atoms with Crippen molar-refractivity contribution in [1.82, 2.24) is 5.32 Å². The quantitative estimate of drug-likeness (QED) is 0.619. The third-order valence-corrected chi connectivity index (χ3v) is 5.73. The molecule has 1 N–H and O–H groups in total. The van der Waals surface area contributed by atoms with Gasteiger partial charge in [0.1, 0.15) is 12.4 Å². The molecule has 0 aromatic heterocycles. The van der Waals surface area contributed by atoms with Crippen LogP contribution in [0.4, 0.5) is 5.69 Å². The number of amides is 1. The maximum atomic E-state index is 13.0. The van der Waals surface area contributed by atoms with E-state index in [1.165, 1.54) is 0 Å². The van der Waals surface area contributed by atoms with Crippen molar-refractivity contribution >= 4 is 22.4 Å². The standard InChI is InChI=1S/C26H30N2O2/c1-19(2)26(29)28(23-12-14-27-15-13-23)24-10-8-22-17-25(11-9-21(22)16-24)30-18-20-6-4-3-5-7-20/h3-11,16-17,19,23,27H,12-15,18H2,1-2H3. The molecule has 1 aliphatic rings. The molecule has 0 saturated carbocycles. The second-order valence-electron chi connectivity index (χ2n) is 8.31. The number of nitrogens with one attached hydrogen (secondary N) is 1. The average Bonchev–Trinajstić information content (AvgIpc) is 2.79. The van der Waals surface area contributed by atoms with Crippen LogP contribution in [-0.2, 0) is 11.4 Å². The van der Waals surface area contributed by atoms with Crippen LogP contribution in [0.1, 0.15) is 32.3 Å². The average molecular weight is 403 g/mol. The Balaban J connectivity index is 1.57. The molecule has 0 unspecified atom stereocenters. The Bertz CT molecular complexity index is 994. The van der Waals surface area contributed by atoms with Gasteiger partial charge in [0.25, 0.3) is 0 Å². The molecule has 1 heterocycles. The second kappa shape index (κ2) is 9.31. The number of anilines is 1. The lowest BCUT2D eigenvalue weighted by Crippen LogP contribution is -2.47. The first-order valence-electron chi connectivity index (χ1n) is 10.9. The van der Waals surface area contributed by atoms with Gasteiger partial charge in [0, 0.05) is 17.6 Å². The predicted octanol–water partition coefficient (Wildman–Crippen LogP) is 5.16. The molecule has 0 bridgehead atoms. The Labute approximate surface area is 178 Å². The summed E-state index contributed by atoms with van der Waals surface area (Å²) < 4.78 is 5.97. The number of carbonyl (C=O) groups is 1. The second-order valence-corrected chi connectivity index (χ2v) is 8.31. The molecule has 0 spiro atoms. The van der Waals surface area contributed by atoms with E-state index in [-0.39, 0.29) is 17.9 Å². The summed E-state index contributed by atoms with van der Waals surface area (Å²) in [6, 6.07) is 22.9. The molecule has 1 amide bonds. The first-order chi connectivity index (χ1) is 14.6. The number of ether oxygens (including phenoxy) is 1. The van der Waals surface area contributed by atoms with Crippen LogP contribution in [0.2, 0.25) is 0 Å². The number of carbonyl (C=O) groups excluding carboxylic acids is 1. The van der Waals surface area contributed by atoms with Crippen LogP contribution in [0.5, 0.6) is 5.75 Å². The zero-order chi connectivity index (χ0) is 20.9. The number of fused-ring (bicyclic) bond motifs is 1. The van der Waals surface area contributed by atoms with E-state index in [1.807, 2.05) is 43.0 Å². The van der Waals surface area contributed by atoms with Gasteiger partial charge in [0.05, 0.1) is 0 Å². The van der Waals surface area contributed by atoms with E-state index in [0.717, 1.165) is 53.7 Å². The summed E-state index contributed by atoms with van der Waals surface area (Å²) in [6.07, 6.45) is 1.98. The summed E-state index contributed by atoms with van der Waals surface area (Å²) in [7, 11) is 0. The molecule has 1 fully saturated rings. The number of hydrogen-bond donors (Lipinski definition) is 1. The van der Waals surface area contributed by atoms with E-state index < -0.39 is 0 Å². The number of nitrogens with zero attached hydrogens (tertiary/aromatic N) is 1. The summed E-state index contributed by atoms with van der Waals surface area (Å²) in [6.45, 7) is 6.43. The van der Waals surface area contributed by atoms with Crippen LogP contribution in [0.15, 0.2) is 66.7 Å². The highest BCUT2D eigenvalue weighted by atomic mass is 16.5. The first-order valence-corrected chi connectivity index (χ1v) is 10.9. The van der Waals surface area contributed by atoms with E-state index in [9.17, 15) is 4.79 Å². The highest BCUT2D eigenvalue weighted by molar-refractivity contribution is 5.98. The number of benzene rings is 3. The number of hydrogen-bond acceptors (Lipinski definition) is 3. The third-order valence-electron chi connectivity index (χ3n) is 5.73. The molecule has 3 aromatic rings. The van der Waals surface area contributed by atoms with Crippen LogP contribution >= 0.6 is 0 Å². The van der Waals surface area contributed by atoms with Gasteiger partial charge in [-0.25, -0.2) is 0 Å². The molecule has 3 aromatic carbocycles. The Morgan fingerprint density at radius 1 is 1.00 bits per heavy atom. The van der Waals surface area contributed by atoms with Gasteiger partial charge in [-0.3, -0.25) is 4.79 Å². The van der Waals surface area contributed by atoms with Gasteiger partial charge in [0.15, 0.2) is 0 Å². The van der Waals surface area contributed by atoms with Crippen LogP contribution in [0, 0.1) is 5.92 Å². The maximum Gasteiger partial charge on any atom is 0.229 e. The lowest BCUT2D eigenvalue weighted by Gasteiger charge is -2.36. The Morgan fingerprint density at radius 3 is 2.43 bits per heavy atom. The number of piperidine rings is 1. The topological polar surface area (TPSA) is 41.6 Å². The van der Waals surface area contributed by atoms with E-state index in [1.54, 1.807) is 0 Å². The van der Waals surface area contributed by atoms with Gasteiger partial charge in [-0.2, -0.15) is 0 Å². The highest BCUT2D eigenvalue weighted by Gasteiger charge is 2.28. The Hall–Kier alpha value is -2.85. The lowest BCUT2D eigenvalue weighted by atomic mass is 10.0. The van der Waals surface area contributed by atoms with Gasteiger partial charge in [-0.15, -0.1) is 0 Å². The van der Waals surface area contributed by atoms with Gasteiger partial charge < -0.3 is 15.0 Å². The van der Waals surface area contributed by atoms with Gasteiger partial charge >= 0.3 is 0 Å². The third kappa shape index (κ3) is 4.65. The van der Waals surface area contributed by atoms with E-state index in [2.05, 4.69) is 47.8 Å². The zero-order valence-electron chi connectivity index (χ0n) is 17.8. The first kappa shape index (κ1) is 20.4. The van der Waals surface area contributed by atoms with Crippen LogP contribution in [0.25, 0.3) is 10.8 Å². The summed E-state index contributed by atoms with van der Waals surface area (Å²) in [4.78, 5) is 15.1. The smallest absolute Gasteiger partial charge is 0.229 e. The largest absolute Gasteiger partial charge is 0.489 e. The van der Waals surface area contributed by atoms with Crippen molar-refractivity contribution in [3.63, 3.8) is 0 Å². The molecule has 1 saturated heterocycles. The normalized spacial score (nSPS) is 14.8. The Morgan fingerprint density at radius 2 is 1.70 bits per heavy atom. The molecule has 0 radical (unpaired) electrons. The van der Waals surface area contributed by atoms with Crippen LogP contribution in [0.3, 0.4) is 0 Å². The number of rotatable bonds is 6. The summed E-state index contributed by atoms with van der Waals surface area (Å²) in [5.41, 5.74) is 2.14. The minimum absolute atomic E-state index is 0.0238. The molecule has 1 aliphatic heterocycles. The zero-order valence-corrected chi connectivity index (χ0v) is 17.8. The highest BCUT2D eigenvalue weighted by Crippen LogP contribution is 2.30. The molecular weight excluding hydrogens is 372 g/mol. The van der Waals surface area contributed by atoms with E-state index in [0.29, 0.717) is 6.61 Å². The van der Waals surface area contributed by atoms with Crippen molar-refractivity contribution in [2.24, 2.45) is 5.92 Å². The molecule has 4 nitrogen and oxygen atoms in total. The molecule has 0 aliphatic carbocycles. The van der Waals surface area contributed by atoms with Gasteiger partial charge in [0.2, 0.25) is 5.91 Å². The molecule has 30 heavy (non-hydrogen) atoms. The van der Waals surface area contributed by atoms with Crippen LogP contribution < -0.4 is 15.0 Å². The SMILES string of the molecule is CC(C)C(=O)N(c1ccc2cc(OCc3ccccc3)ccc2c1)C1CCNCC1. The lowest BCUT2D eigenvalue weighted by molar-refractivity contribution is -0.122. The molecule has 156 valence electrons. The fourth-order valence-electron chi connectivity index (χ4n) is 4.05. The van der Waals surface area contributed by atoms with E-state index >= 15 is 0 Å². The minimum Gasteiger partial charge on any atom is -0.489 e. The predicted molar refractivity (Wildman–Crippen MR) is 123 cm³/mol. The van der Waals surface area contributed by atoms with Crippen molar-refractivity contribution in [2.45, 2.75) is 39.3 Å². The minimum atomic E-state index is -0.0238. The fraction of sp³-hybridized carbons (Fsp3) is 0.346. The van der Waals surface area contributed by atoms with Gasteiger partial charge in [-0.1, -0.05) is 56.3 Å². The molecule has 4 heteroatoms. The molecular formula is C26H30N2O2. The monoisotopic (exact) mass is 402 g/mol. The van der Waals surface area contributed by atoms with Crippen molar-refractivity contribution in [3.05, 3.63) is 72.3 Å². The Kier molecular flexibility index (Phi) is 6.34. The molecule has 0 atom stereocenters. The summed E-state index contributed by atoms with van der Waals surface area (Å²) >= 11 is 0.